The predicted molar refractivity (Wildman–Crippen MR) is 52.3 cm³/mol. The van der Waals surface area contributed by atoms with E-state index in [1.54, 1.807) is 0 Å². The average Bonchev–Trinajstić information content (AvgIpc) is 2.15. The van der Waals surface area contributed by atoms with Crippen molar-refractivity contribution in [2.75, 3.05) is 6.61 Å². The minimum absolute atomic E-state index is 0.505. The van der Waals surface area contributed by atoms with Crippen molar-refractivity contribution in [3.63, 3.8) is 0 Å². The van der Waals surface area contributed by atoms with E-state index in [0.717, 1.165) is 18.9 Å². The zero-order chi connectivity index (χ0) is 8.81. The number of rotatable bonds is 4. The van der Waals surface area contributed by atoms with Crippen LogP contribution < -0.4 is 0 Å². The Bertz CT molecular complexity index is 106. The Labute approximate surface area is 76.5 Å². The Balaban J connectivity index is 2.15. The van der Waals surface area contributed by atoms with Crippen LogP contribution in [0.25, 0.3) is 0 Å². The van der Waals surface area contributed by atoms with Crippen LogP contribution in [0.2, 0.25) is 0 Å². The van der Waals surface area contributed by atoms with Crippen molar-refractivity contribution in [2.24, 2.45) is 5.92 Å². The van der Waals surface area contributed by atoms with Gasteiger partial charge in [-0.05, 0) is 32.1 Å². The highest BCUT2D eigenvalue weighted by atomic mass is 16.5. The fraction of sp³-hybridized carbons (Fsp3) is 1.00. The first kappa shape index (κ1) is 10.0. The molecule has 0 saturated heterocycles. The van der Waals surface area contributed by atoms with Gasteiger partial charge in [-0.15, -0.1) is 0 Å². The Kier molecular flexibility index (Phi) is 4.67. The standard InChI is InChI=1S/C11H22O/c1-3-9-12-10(2)11-7-5-4-6-8-11/h10-11H,3-9H2,1-2H3. The summed E-state index contributed by atoms with van der Waals surface area (Å²) in [5, 5.41) is 0. The molecule has 1 aliphatic rings. The summed E-state index contributed by atoms with van der Waals surface area (Å²) in [5.74, 6) is 0.852. The number of hydrogen-bond acceptors (Lipinski definition) is 1. The third-order valence-corrected chi connectivity index (χ3v) is 2.90. The average molecular weight is 170 g/mol. The molecule has 12 heavy (non-hydrogen) atoms. The molecule has 0 aliphatic heterocycles. The smallest absolute Gasteiger partial charge is 0.0575 e. The molecule has 0 bridgehead atoms. The highest BCUT2D eigenvalue weighted by molar-refractivity contribution is 4.71. The minimum atomic E-state index is 0.505. The van der Waals surface area contributed by atoms with Crippen LogP contribution in [0, 0.1) is 5.92 Å². The number of hydrogen-bond donors (Lipinski definition) is 0. The molecule has 72 valence electrons. The molecular formula is C11H22O. The van der Waals surface area contributed by atoms with Crippen LogP contribution in [0.15, 0.2) is 0 Å². The van der Waals surface area contributed by atoms with E-state index in [9.17, 15) is 0 Å². The van der Waals surface area contributed by atoms with E-state index in [0.29, 0.717) is 6.10 Å². The molecule has 0 amide bonds. The zero-order valence-electron chi connectivity index (χ0n) is 8.51. The molecule has 0 heterocycles. The van der Waals surface area contributed by atoms with Gasteiger partial charge in [0.15, 0.2) is 0 Å². The molecule has 0 N–H and O–H groups in total. The maximum Gasteiger partial charge on any atom is 0.0575 e. The lowest BCUT2D eigenvalue weighted by atomic mass is 9.86. The Hall–Kier alpha value is -0.0400. The largest absolute Gasteiger partial charge is 0.378 e. The second-order valence-electron chi connectivity index (χ2n) is 3.97. The van der Waals surface area contributed by atoms with Gasteiger partial charge in [0, 0.05) is 6.61 Å². The van der Waals surface area contributed by atoms with E-state index in [1.165, 1.54) is 32.1 Å². The molecule has 1 nitrogen and oxygen atoms in total. The first-order valence-corrected chi connectivity index (χ1v) is 5.46. The van der Waals surface area contributed by atoms with Crippen LogP contribution in [0.4, 0.5) is 0 Å². The summed E-state index contributed by atoms with van der Waals surface area (Å²) in [7, 11) is 0. The van der Waals surface area contributed by atoms with E-state index >= 15 is 0 Å². The van der Waals surface area contributed by atoms with Crippen molar-refractivity contribution < 1.29 is 4.74 Å². The van der Waals surface area contributed by atoms with Crippen molar-refractivity contribution in [2.45, 2.75) is 58.5 Å². The van der Waals surface area contributed by atoms with Gasteiger partial charge in [-0.25, -0.2) is 0 Å². The van der Waals surface area contributed by atoms with E-state index < -0.39 is 0 Å². The second-order valence-corrected chi connectivity index (χ2v) is 3.97. The van der Waals surface area contributed by atoms with Gasteiger partial charge < -0.3 is 4.74 Å². The molecule has 1 rings (SSSR count). The van der Waals surface area contributed by atoms with Crippen LogP contribution in [0.3, 0.4) is 0 Å². The predicted octanol–water partition coefficient (Wildman–Crippen LogP) is 3.38. The fourth-order valence-electron chi connectivity index (χ4n) is 2.04. The van der Waals surface area contributed by atoms with Crippen molar-refractivity contribution >= 4 is 0 Å². The maximum atomic E-state index is 5.73. The van der Waals surface area contributed by atoms with Crippen molar-refractivity contribution in [3.05, 3.63) is 0 Å². The second kappa shape index (κ2) is 5.58. The lowest BCUT2D eigenvalue weighted by Gasteiger charge is -2.27. The molecule has 0 aromatic heterocycles. The Morgan fingerprint density at radius 2 is 1.92 bits per heavy atom. The Morgan fingerprint density at radius 3 is 2.50 bits per heavy atom. The van der Waals surface area contributed by atoms with Crippen LogP contribution >= 0.6 is 0 Å². The Morgan fingerprint density at radius 1 is 1.25 bits per heavy atom. The monoisotopic (exact) mass is 170 g/mol. The summed E-state index contributed by atoms with van der Waals surface area (Å²) in [6, 6.07) is 0. The minimum Gasteiger partial charge on any atom is -0.378 e. The van der Waals surface area contributed by atoms with Crippen molar-refractivity contribution in [1.29, 1.82) is 0 Å². The van der Waals surface area contributed by atoms with Gasteiger partial charge in [-0.3, -0.25) is 0 Å². The normalized spacial score (nSPS) is 22.5. The highest BCUT2D eigenvalue weighted by Gasteiger charge is 2.19. The maximum absolute atomic E-state index is 5.73. The van der Waals surface area contributed by atoms with E-state index in [1.807, 2.05) is 0 Å². The van der Waals surface area contributed by atoms with Crippen LogP contribution in [-0.2, 0) is 4.74 Å². The fourth-order valence-corrected chi connectivity index (χ4v) is 2.04. The van der Waals surface area contributed by atoms with Gasteiger partial charge in [0.05, 0.1) is 6.10 Å². The molecule has 0 radical (unpaired) electrons. The van der Waals surface area contributed by atoms with Crippen molar-refractivity contribution in [1.82, 2.24) is 0 Å². The van der Waals surface area contributed by atoms with Gasteiger partial charge in [-0.2, -0.15) is 0 Å². The summed E-state index contributed by atoms with van der Waals surface area (Å²) in [4.78, 5) is 0. The van der Waals surface area contributed by atoms with Crippen LogP contribution in [0.5, 0.6) is 0 Å². The first-order chi connectivity index (χ1) is 5.84. The number of ether oxygens (including phenoxy) is 1. The summed E-state index contributed by atoms with van der Waals surface area (Å²) < 4.78 is 5.73. The quantitative estimate of drug-likeness (QED) is 0.628. The van der Waals surface area contributed by atoms with Crippen LogP contribution in [0.1, 0.15) is 52.4 Å². The van der Waals surface area contributed by atoms with Gasteiger partial charge in [0.1, 0.15) is 0 Å². The highest BCUT2D eigenvalue weighted by Crippen LogP contribution is 2.27. The third kappa shape index (κ3) is 3.14. The topological polar surface area (TPSA) is 9.23 Å². The summed E-state index contributed by atoms with van der Waals surface area (Å²) in [6.07, 6.45) is 8.73. The van der Waals surface area contributed by atoms with E-state index in [2.05, 4.69) is 13.8 Å². The molecule has 1 saturated carbocycles. The van der Waals surface area contributed by atoms with Gasteiger partial charge in [0.2, 0.25) is 0 Å². The molecular weight excluding hydrogens is 148 g/mol. The SMILES string of the molecule is CCCOC(C)C1CCCCC1. The molecule has 0 aromatic rings. The molecule has 1 heteroatoms. The van der Waals surface area contributed by atoms with Gasteiger partial charge in [0.25, 0.3) is 0 Å². The lowest BCUT2D eigenvalue weighted by Crippen LogP contribution is -2.23. The van der Waals surface area contributed by atoms with Gasteiger partial charge in [-0.1, -0.05) is 26.2 Å². The summed E-state index contributed by atoms with van der Waals surface area (Å²) >= 11 is 0. The first-order valence-electron chi connectivity index (χ1n) is 5.46. The third-order valence-electron chi connectivity index (χ3n) is 2.90. The summed E-state index contributed by atoms with van der Waals surface area (Å²) in [5.41, 5.74) is 0. The van der Waals surface area contributed by atoms with E-state index in [-0.39, 0.29) is 0 Å². The molecule has 1 atom stereocenters. The van der Waals surface area contributed by atoms with Gasteiger partial charge >= 0.3 is 0 Å². The molecule has 1 fully saturated rings. The van der Waals surface area contributed by atoms with Crippen molar-refractivity contribution in [3.8, 4) is 0 Å². The van der Waals surface area contributed by atoms with E-state index in [4.69, 9.17) is 4.74 Å². The molecule has 0 spiro atoms. The lowest BCUT2D eigenvalue weighted by molar-refractivity contribution is 0.0133. The zero-order valence-corrected chi connectivity index (χ0v) is 8.51. The molecule has 0 aromatic carbocycles. The van der Waals surface area contributed by atoms with Crippen LogP contribution in [-0.4, -0.2) is 12.7 Å². The molecule has 1 unspecified atom stereocenters. The molecule has 1 aliphatic carbocycles. The summed E-state index contributed by atoms with van der Waals surface area (Å²) in [6.45, 7) is 5.36.